The van der Waals surface area contributed by atoms with Gasteiger partial charge in [0.05, 0.1) is 25.4 Å². The van der Waals surface area contributed by atoms with Crippen molar-refractivity contribution in [1.82, 2.24) is 5.32 Å². The van der Waals surface area contributed by atoms with Crippen molar-refractivity contribution in [3.05, 3.63) is 47.0 Å². The molecule has 0 heterocycles. The highest BCUT2D eigenvalue weighted by atomic mass is 32.1. The third-order valence-corrected chi connectivity index (χ3v) is 4.34. The maximum atomic E-state index is 12.8. The molecular formula is C22H26N2O6S. The molecule has 9 heteroatoms. The van der Waals surface area contributed by atoms with Gasteiger partial charge in [-0.25, -0.2) is 4.79 Å². The van der Waals surface area contributed by atoms with E-state index in [4.69, 9.17) is 31.5 Å². The monoisotopic (exact) mass is 446 g/mol. The lowest BCUT2D eigenvalue weighted by Gasteiger charge is -2.17. The van der Waals surface area contributed by atoms with Crippen LogP contribution >= 0.6 is 12.2 Å². The molecule has 2 aromatic carbocycles. The van der Waals surface area contributed by atoms with Crippen LogP contribution in [0.1, 0.15) is 47.1 Å². The van der Waals surface area contributed by atoms with Gasteiger partial charge >= 0.3 is 5.97 Å². The zero-order chi connectivity index (χ0) is 23.0. The fraction of sp³-hybridized carbons (Fsp3) is 0.318. The molecule has 1 amide bonds. The summed E-state index contributed by atoms with van der Waals surface area (Å²) in [4.78, 5) is 24.0. The Morgan fingerprint density at radius 2 is 1.52 bits per heavy atom. The van der Waals surface area contributed by atoms with Gasteiger partial charge in [0.2, 0.25) is 5.75 Å². The van der Waals surface area contributed by atoms with Gasteiger partial charge in [-0.3, -0.25) is 10.1 Å². The number of hydrogen-bond donors (Lipinski definition) is 3. The van der Waals surface area contributed by atoms with E-state index in [2.05, 4.69) is 10.6 Å². The predicted molar refractivity (Wildman–Crippen MR) is 122 cm³/mol. The number of carbonyl (C=O) groups excluding carboxylic acids is 1. The normalized spacial score (nSPS) is 10.2. The Hall–Kier alpha value is -3.33. The van der Waals surface area contributed by atoms with Crippen LogP contribution in [0.25, 0.3) is 0 Å². The number of aryl methyl sites for hydroxylation is 1. The Morgan fingerprint density at radius 1 is 0.935 bits per heavy atom. The lowest BCUT2D eigenvalue weighted by atomic mass is 10.1. The Balaban J connectivity index is 2.25. The second-order valence-electron chi connectivity index (χ2n) is 6.34. The number of carboxylic acid groups (broad SMARTS) is 1. The maximum absolute atomic E-state index is 12.8. The second kappa shape index (κ2) is 11.2. The summed E-state index contributed by atoms with van der Waals surface area (Å²) in [6, 6.07) is 7.73. The average Bonchev–Trinajstić information content (AvgIpc) is 2.71. The van der Waals surface area contributed by atoms with E-state index in [1.807, 2.05) is 20.8 Å². The first-order chi connectivity index (χ1) is 14.8. The Morgan fingerprint density at radius 3 is 2.03 bits per heavy atom. The fourth-order valence-corrected chi connectivity index (χ4v) is 2.94. The van der Waals surface area contributed by atoms with Gasteiger partial charge in [-0.1, -0.05) is 6.07 Å². The van der Waals surface area contributed by atoms with Crippen molar-refractivity contribution in [2.24, 2.45) is 0 Å². The highest BCUT2D eigenvalue weighted by molar-refractivity contribution is 7.80. The number of carboxylic acids is 1. The Kier molecular flexibility index (Phi) is 8.63. The number of amides is 1. The number of aromatic carboxylic acids is 1. The number of nitrogens with one attached hydrogen (secondary N) is 2. The van der Waals surface area contributed by atoms with Gasteiger partial charge in [0.15, 0.2) is 16.6 Å². The number of ether oxygens (including phenoxy) is 3. The minimum Gasteiger partial charge on any atom is -0.490 e. The van der Waals surface area contributed by atoms with E-state index in [0.29, 0.717) is 42.8 Å². The third-order valence-electron chi connectivity index (χ3n) is 4.13. The zero-order valence-corrected chi connectivity index (χ0v) is 18.7. The van der Waals surface area contributed by atoms with Gasteiger partial charge in [0, 0.05) is 11.3 Å². The van der Waals surface area contributed by atoms with Gasteiger partial charge in [-0.2, -0.15) is 0 Å². The lowest BCUT2D eigenvalue weighted by molar-refractivity contribution is 0.0696. The van der Waals surface area contributed by atoms with Crippen molar-refractivity contribution in [3.63, 3.8) is 0 Å². The summed E-state index contributed by atoms with van der Waals surface area (Å²) in [5.74, 6) is -0.313. The predicted octanol–water partition coefficient (Wildman–Crippen LogP) is 4.02. The molecule has 0 unspecified atom stereocenters. The van der Waals surface area contributed by atoms with Crippen LogP contribution in [0.2, 0.25) is 0 Å². The average molecular weight is 447 g/mol. The lowest BCUT2D eigenvalue weighted by Crippen LogP contribution is -2.34. The largest absolute Gasteiger partial charge is 0.490 e. The van der Waals surface area contributed by atoms with Crippen LogP contribution in [0.3, 0.4) is 0 Å². The standard InChI is InChI=1S/C22H26N2O6S/c1-5-28-17-11-15(12-18(29-6-2)19(17)30-7-3)20(25)24-22(31)23-16-10-14(21(26)27)9-8-13(16)4/h8-12H,5-7H2,1-4H3,(H,26,27)(H2,23,24,25,31). The van der Waals surface area contributed by atoms with Crippen LogP contribution in [0.15, 0.2) is 30.3 Å². The molecule has 0 spiro atoms. The summed E-state index contributed by atoms with van der Waals surface area (Å²) in [5, 5.41) is 14.7. The summed E-state index contributed by atoms with van der Waals surface area (Å²) < 4.78 is 16.9. The molecule has 8 nitrogen and oxygen atoms in total. The quantitative estimate of drug-likeness (QED) is 0.496. The third kappa shape index (κ3) is 6.32. The minimum atomic E-state index is -1.06. The summed E-state index contributed by atoms with van der Waals surface area (Å²) in [7, 11) is 0. The van der Waals surface area contributed by atoms with Crippen LogP contribution in [0.5, 0.6) is 17.2 Å². The van der Waals surface area contributed by atoms with E-state index in [-0.39, 0.29) is 16.2 Å². The molecule has 0 fully saturated rings. The van der Waals surface area contributed by atoms with E-state index < -0.39 is 11.9 Å². The van der Waals surface area contributed by atoms with E-state index >= 15 is 0 Å². The number of anilines is 1. The molecule has 166 valence electrons. The van der Waals surface area contributed by atoms with Gasteiger partial charge in [0.25, 0.3) is 5.91 Å². The highest BCUT2D eigenvalue weighted by Gasteiger charge is 2.19. The highest BCUT2D eigenvalue weighted by Crippen LogP contribution is 2.39. The molecule has 2 rings (SSSR count). The summed E-state index contributed by atoms with van der Waals surface area (Å²) in [6.45, 7) is 8.48. The van der Waals surface area contributed by atoms with Crippen LogP contribution in [-0.2, 0) is 0 Å². The van der Waals surface area contributed by atoms with Crippen LogP contribution in [0, 0.1) is 6.92 Å². The minimum absolute atomic E-state index is 0.0282. The molecule has 31 heavy (non-hydrogen) atoms. The molecule has 2 aromatic rings. The second-order valence-corrected chi connectivity index (χ2v) is 6.75. The number of rotatable bonds is 9. The van der Waals surface area contributed by atoms with Crippen LogP contribution in [-0.4, -0.2) is 41.9 Å². The first kappa shape index (κ1) is 23.9. The first-order valence-corrected chi connectivity index (χ1v) is 10.2. The van der Waals surface area contributed by atoms with Crippen molar-refractivity contribution in [2.75, 3.05) is 25.1 Å². The number of carbonyl (C=O) groups is 2. The van der Waals surface area contributed by atoms with Gasteiger partial charge in [-0.15, -0.1) is 0 Å². The van der Waals surface area contributed by atoms with E-state index in [1.54, 1.807) is 25.1 Å². The molecule has 0 bridgehead atoms. The molecule has 0 atom stereocenters. The van der Waals surface area contributed by atoms with Crippen molar-refractivity contribution in [1.29, 1.82) is 0 Å². The number of hydrogen-bond acceptors (Lipinski definition) is 6. The summed E-state index contributed by atoms with van der Waals surface area (Å²) in [5.41, 5.74) is 1.65. The smallest absolute Gasteiger partial charge is 0.335 e. The Bertz CT molecular complexity index is 949. The van der Waals surface area contributed by atoms with E-state index in [1.165, 1.54) is 12.1 Å². The molecule has 0 aliphatic carbocycles. The molecule has 0 aliphatic rings. The SMILES string of the molecule is CCOc1cc(C(=O)NC(=S)Nc2cc(C(=O)O)ccc2C)cc(OCC)c1OCC. The van der Waals surface area contributed by atoms with Crippen molar-refractivity contribution in [3.8, 4) is 17.2 Å². The number of benzene rings is 2. The molecule has 3 N–H and O–H groups in total. The first-order valence-electron chi connectivity index (χ1n) is 9.83. The number of thiocarbonyl (C=S) groups is 1. The van der Waals surface area contributed by atoms with E-state index in [9.17, 15) is 9.59 Å². The topological polar surface area (TPSA) is 106 Å². The molecule has 0 saturated heterocycles. The molecule has 0 aliphatic heterocycles. The van der Waals surface area contributed by atoms with Crippen LogP contribution in [0.4, 0.5) is 5.69 Å². The van der Waals surface area contributed by atoms with E-state index in [0.717, 1.165) is 5.56 Å². The molecule has 0 saturated carbocycles. The molecule has 0 radical (unpaired) electrons. The van der Waals surface area contributed by atoms with Gasteiger partial charge in [0.1, 0.15) is 0 Å². The van der Waals surface area contributed by atoms with Gasteiger partial charge < -0.3 is 24.6 Å². The van der Waals surface area contributed by atoms with Crippen molar-refractivity contribution in [2.45, 2.75) is 27.7 Å². The summed E-state index contributed by atoms with van der Waals surface area (Å²) >= 11 is 5.24. The molecule has 0 aromatic heterocycles. The maximum Gasteiger partial charge on any atom is 0.335 e. The molecular weight excluding hydrogens is 420 g/mol. The van der Waals surface area contributed by atoms with Crippen LogP contribution < -0.4 is 24.8 Å². The summed E-state index contributed by atoms with van der Waals surface area (Å²) in [6.07, 6.45) is 0. The zero-order valence-electron chi connectivity index (χ0n) is 17.9. The Labute approximate surface area is 186 Å². The van der Waals surface area contributed by atoms with Gasteiger partial charge in [-0.05, 0) is 69.7 Å². The fourth-order valence-electron chi connectivity index (χ4n) is 2.74. The van der Waals surface area contributed by atoms with Crippen molar-refractivity contribution >= 4 is 34.9 Å². The van der Waals surface area contributed by atoms with Crippen molar-refractivity contribution < 1.29 is 28.9 Å².